The molecule has 1 radical (unpaired) electrons. The molecule has 103 valence electrons. The highest BCUT2D eigenvalue weighted by atomic mass is 28.3. The van der Waals surface area contributed by atoms with Crippen molar-refractivity contribution in [2.24, 2.45) is 0 Å². The maximum atomic E-state index is 2.42. The summed E-state index contributed by atoms with van der Waals surface area (Å²) < 4.78 is 0. The highest BCUT2D eigenvalue weighted by Gasteiger charge is 2.34. The van der Waals surface area contributed by atoms with Gasteiger partial charge in [-0.15, -0.1) is 0 Å². The van der Waals surface area contributed by atoms with Crippen LogP contribution in [-0.2, 0) is 0 Å². The molecule has 1 aliphatic carbocycles. The number of fused-ring (bicyclic) bond motifs is 3. The van der Waals surface area contributed by atoms with Crippen molar-refractivity contribution in [1.29, 1.82) is 0 Å². The van der Waals surface area contributed by atoms with E-state index in [1.54, 1.807) is 5.19 Å². The fraction of sp³-hybridized carbons (Fsp3) is 0.316. The molecule has 0 saturated carbocycles. The summed E-state index contributed by atoms with van der Waals surface area (Å²) in [5, 5.41) is 1.68. The average Bonchev–Trinajstić information content (AvgIpc) is 2.89. The molecule has 0 fully saturated rings. The lowest BCUT2D eigenvalue weighted by Gasteiger charge is -2.31. The van der Waals surface area contributed by atoms with Crippen LogP contribution in [0.4, 0.5) is 0 Å². The van der Waals surface area contributed by atoms with E-state index in [-0.39, 0.29) is 0 Å². The van der Waals surface area contributed by atoms with Crippen molar-refractivity contribution in [3.05, 3.63) is 60.0 Å². The van der Waals surface area contributed by atoms with Crippen LogP contribution in [-0.4, -0.2) is 8.07 Å². The second kappa shape index (κ2) is 5.21. The van der Waals surface area contributed by atoms with E-state index in [9.17, 15) is 0 Å². The van der Waals surface area contributed by atoms with Crippen LogP contribution in [0.1, 0.15) is 31.9 Å². The molecule has 3 rings (SSSR count). The zero-order valence-corrected chi connectivity index (χ0v) is 13.7. The van der Waals surface area contributed by atoms with Crippen molar-refractivity contribution >= 4 is 13.3 Å². The van der Waals surface area contributed by atoms with Crippen LogP contribution in [0.15, 0.2) is 42.5 Å². The van der Waals surface area contributed by atoms with Crippen molar-refractivity contribution in [2.45, 2.75) is 38.9 Å². The topological polar surface area (TPSA) is 0 Å². The SMILES string of the molecule is CC[Si](CC)(CC)c1cccc2c1[CH]c1ccccc1-2. The van der Waals surface area contributed by atoms with Gasteiger partial charge in [-0.3, -0.25) is 0 Å². The zero-order chi connectivity index (χ0) is 14.2. The summed E-state index contributed by atoms with van der Waals surface area (Å²) in [5.74, 6) is 0. The molecule has 0 aromatic heterocycles. The van der Waals surface area contributed by atoms with E-state index in [2.05, 4.69) is 69.7 Å². The summed E-state index contributed by atoms with van der Waals surface area (Å²) in [6.45, 7) is 7.17. The van der Waals surface area contributed by atoms with Crippen LogP contribution in [0.2, 0.25) is 18.1 Å². The molecule has 20 heavy (non-hydrogen) atoms. The molecular formula is C19H23Si. The molecule has 0 saturated heterocycles. The smallest absolute Gasteiger partial charge is 0.0675 e. The lowest BCUT2D eigenvalue weighted by Crippen LogP contribution is -2.47. The number of benzene rings is 2. The first-order valence-corrected chi connectivity index (χ1v) is 10.5. The predicted molar refractivity (Wildman–Crippen MR) is 91.2 cm³/mol. The van der Waals surface area contributed by atoms with Crippen LogP contribution >= 0.6 is 0 Å². The van der Waals surface area contributed by atoms with Gasteiger partial charge in [0.15, 0.2) is 0 Å². The minimum Gasteiger partial charge on any atom is -0.0675 e. The van der Waals surface area contributed by atoms with Crippen molar-refractivity contribution in [3.63, 3.8) is 0 Å². The van der Waals surface area contributed by atoms with Crippen LogP contribution in [0.3, 0.4) is 0 Å². The Hall–Kier alpha value is -1.34. The van der Waals surface area contributed by atoms with E-state index in [1.165, 1.54) is 40.4 Å². The molecule has 0 atom stereocenters. The highest BCUT2D eigenvalue weighted by Crippen LogP contribution is 2.38. The van der Waals surface area contributed by atoms with E-state index in [4.69, 9.17) is 0 Å². The second-order valence-electron chi connectivity index (χ2n) is 5.84. The number of rotatable bonds is 4. The Bertz CT molecular complexity index is 615. The van der Waals surface area contributed by atoms with E-state index >= 15 is 0 Å². The average molecular weight is 279 g/mol. The Morgan fingerprint density at radius 3 is 2.10 bits per heavy atom. The predicted octanol–water partition coefficient (Wildman–Crippen LogP) is 4.98. The summed E-state index contributed by atoms with van der Waals surface area (Å²) in [6.07, 6.45) is 2.42. The number of hydrogen-bond donors (Lipinski definition) is 0. The first-order chi connectivity index (χ1) is 9.75. The molecule has 0 amide bonds. The summed E-state index contributed by atoms with van der Waals surface area (Å²) >= 11 is 0. The van der Waals surface area contributed by atoms with E-state index in [1.807, 2.05) is 0 Å². The Balaban J connectivity index is 2.19. The van der Waals surface area contributed by atoms with Crippen molar-refractivity contribution in [1.82, 2.24) is 0 Å². The first kappa shape index (κ1) is 13.6. The Labute approximate surface area is 123 Å². The molecule has 0 bridgehead atoms. The molecule has 0 nitrogen and oxygen atoms in total. The molecule has 1 heteroatoms. The standard InChI is InChI=1S/C19H23Si/c1-4-20(5-2,6-3)19-13-9-12-17-16-11-8-7-10-15(16)14-18(17)19/h7-14H,4-6H2,1-3H3. The van der Waals surface area contributed by atoms with Crippen molar-refractivity contribution in [3.8, 4) is 11.1 Å². The monoisotopic (exact) mass is 279 g/mol. The lowest BCUT2D eigenvalue weighted by atomic mass is 10.1. The van der Waals surface area contributed by atoms with Gasteiger partial charge in [-0.25, -0.2) is 0 Å². The van der Waals surface area contributed by atoms with Gasteiger partial charge in [-0.1, -0.05) is 86.6 Å². The maximum absolute atomic E-state index is 2.42. The molecule has 2 aromatic rings. The third kappa shape index (κ3) is 1.88. The number of hydrogen-bond acceptors (Lipinski definition) is 0. The highest BCUT2D eigenvalue weighted by molar-refractivity contribution is 6.92. The van der Waals surface area contributed by atoms with Gasteiger partial charge >= 0.3 is 0 Å². The van der Waals surface area contributed by atoms with Crippen LogP contribution in [0, 0.1) is 6.42 Å². The largest absolute Gasteiger partial charge is 0.0863 e. The van der Waals surface area contributed by atoms with E-state index in [0.29, 0.717) is 0 Å². The van der Waals surface area contributed by atoms with Crippen LogP contribution < -0.4 is 5.19 Å². The maximum Gasteiger partial charge on any atom is 0.0863 e. The third-order valence-electron chi connectivity index (χ3n) is 5.26. The second-order valence-corrected chi connectivity index (χ2v) is 11.1. The van der Waals surface area contributed by atoms with Gasteiger partial charge in [0.2, 0.25) is 0 Å². The van der Waals surface area contributed by atoms with Crippen LogP contribution in [0.5, 0.6) is 0 Å². The summed E-state index contributed by atoms with van der Waals surface area (Å²) in [5.41, 5.74) is 5.77. The molecule has 0 spiro atoms. The van der Waals surface area contributed by atoms with Crippen molar-refractivity contribution < 1.29 is 0 Å². The fourth-order valence-corrected chi connectivity index (χ4v) is 7.63. The van der Waals surface area contributed by atoms with Gasteiger partial charge in [0.25, 0.3) is 0 Å². The Kier molecular flexibility index (Phi) is 3.55. The summed E-state index contributed by atoms with van der Waals surface area (Å²) in [6, 6.07) is 19.8. The van der Waals surface area contributed by atoms with Gasteiger partial charge in [0, 0.05) is 6.42 Å². The molecular weight excluding hydrogens is 256 g/mol. The normalized spacial score (nSPS) is 13.2. The first-order valence-electron chi connectivity index (χ1n) is 7.83. The molecule has 2 aromatic carbocycles. The molecule has 1 aliphatic rings. The lowest BCUT2D eigenvalue weighted by molar-refractivity contribution is 1.19. The molecule has 0 unspecified atom stereocenters. The minimum atomic E-state index is -1.32. The summed E-state index contributed by atoms with van der Waals surface area (Å²) in [7, 11) is -1.32. The Morgan fingerprint density at radius 1 is 0.750 bits per heavy atom. The Morgan fingerprint density at radius 2 is 1.40 bits per heavy atom. The summed E-state index contributed by atoms with van der Waals surface area (Å²) in [4.78, 5) is 0. The van der Waals surface area contributed by atoms with Gasteiger partial charge in [0.05, 0.1) is 8.07 Å². The zero-order valence-electron chi connectivity index (χ0n) is 12.7. The van der Waals surface area contributed by atoms with Gasteiger partial charge in [-0.2, -0.15) is 0 Å². The van der Waals surface area contributed by atoms with Gasteiger partial charge in [0.1, 0.15) is 0 Å². The third-order valence-corrected chi connectivity index (χ3v) is 10.9. The van der Waals surface area contributed by atoms with Crippen molar-refractivity contribution in [2.75, 3.05) is 0 Å². The van der Waals surface area contributed by atoms with Gasteiger partial charge < -0.3 is 0 Å². The molecule has 0 N–H and O–H groups in total. The van der Waals surface area contributed by atoms with Crippen LogP contribution in [0.25, 0.3) is 11.1 Å². The van der Waals surface area contributed by atoms with E-state index in [0.717, 1.165) is 0 Å². The molecule has 0 heterocycles. The quantitative estimate of drug-likeness (QED) is 0.591. The van der Waals surface area contributed by atoms with E-state index < -0.39 is 8.07 Å². The fourth-order valence-electron chi connectivity index (χ4n) is 3.76. The molecule has 0 aliphatic heterocycles. The van der Waals surface area contributed by atoms with Gasteiger partial charge in [-0.05, 0) is 22.3 Å². The minimum absolute atomic E-state index is 1.32.